The lowest BCUT2D eigenvalue weighted by molar-refractivity contribution is -0.385. The highest BCUT2D eigenvalue weighted by Gasteiger charge is 2.24. The van der Waals surface area contributed by atoms with Crippen molar-refractivity contribution in [3.05, 3.63) is 37.8 Å². The standard InChI is InChI=1S/C12H14BrNO4/c1-3-4-8(12(15)16)9-5-7(2)11(14(17)18)6-10(9)13/h5-6,8H,3-4H2,1-2H3,(H,15,16). The second-order valence-corrected chi connectivity index (χ2v) is 4.95. The molecule has 1 aromatic rings. The number of benzene rings is 1. The van der Waals surface area contributed by atoms with Gasteiger partial charge in [-0.05, 0) is 25.0 Å². The molecule has 0 aliphatic carbocycles. The number of carboxylic acid groups (broad SMARTS) is 1. The summed E-state index contributed by atoms with van der Waals surface area (Å²) in [7, 11) is 0. The number of aryl methyl sites for hydroxylation is 1. The summed E-state index contributed by atoms with van der Waals surface area (Å²) in [6.45, 7) is 3.51. The molecule has 1 atom stereocenters. The van der Waals surface area contributed by atoms with Crippen molar-refractivity contribution in [3.63, 3.8) is 0 Å². The first kappa shape index (κ1) is 14.6. The number of nitro groups is 1. The maximum atomic E-state index is 11.2. The Morgan fingerprint density at radius 3 is 2.61 bits per heavy atom. The minimum absolute atomic E-state index is 0.00809. The smallest absolute Gasteiger partial charge is 0.311 e. The van der Waals surface area contributed by atoms with Crippen LogP contribution in [0.1, 0.15) is 36.8 Å². The van der Waals surface area contributed by atoms with Gasteiger partial charge in [0.15, 0.2) is 0 Å². The molecule has 0 amide bonds. The number of halogens is 1. The predicted molar refractivity (Wildman–Crippen MR) is 70.8 cm³/mol. The van der Waals surface area contributed by atoms with Crippen LogP contribution < -0.4 is 0 Å². The summed E-state index contributed by atoms with van der Waals surface area (Å²) in [5, 5.41) is 20.0. The molecule has 98 valence electrons. The van der Waals surface area contributed by atoms with E-state index in [1.54, 1.807) is 13.0 Å². The zero-order valence-corrected chi connectivity index (χ0v) is 11.7. The molecule has 0 saturated heterocycles. The van der Waals surface area contributed by atoms with Gasteiger partial charge in [0, 0.05) is 16.1 Å². The fourth-order valence-corrected chi connectivity index (χ4v) is 2.47. The van der Waals surface area contributed by atoms with Crippen molar-refractivity contribution in [1.82, 2.24) is 0 Å². The van der Waals surface area contributed by atoms with Gasteiger partial charge in [0.2, 0.25) is 0 Å². The van der Waals surface area contributed by atoms with E-state index in [1.807, 2.05) is 6.92 Å². The monoisotopic (exact) mass is 315 g/mol. The van der Waals surface area contributed by atoms with Crippen molar-refractivity contribution in [2.75, 3.05) is 0 Å². The summed E-state index contributed by atoms with van der Waals surface area (Å²) in [6.07, 6.45) is 1.24. The number of hydrogen-bond acceptors (Lipinski definition) is 3. The van der Waals surface area contributed by atoms with E-state index >= 15 is 0 Å². The number of nitrogens with zero attached hydrogens (tertiary/aromatic N) is 1. The molecule has 1 rings (SSSR count). The van der Waals surface area contributed by atoms with Gasteiger partial charge in [0.1, 0.15) is 0 Å². The molecular weight excluding hydrogens is 302 g/mol. The average Bonchev–Trinajstić information content (AvgIpc) is 2.28. The molecule has 0 saturated carbocycles. The first-order valence-corrected chi connectivity index (χ1v) is 6.35. The highest BCUT2D eigenvalue weighted by Crippen LogP contribution is 2.33. The van der Waals surface area contributed by atoms with Crippen molar-refractivity contribution >= 4 is 27.6 Å². The number of rotatable bonds is 5. The van der Waals surface area contributed by atoms with Crippen LogP contribution in [0.4, 0.5) is 5.69 Å². The zero-order valence-electron chi connectivity index (χ0n) is 10.1. The van der Waals surface area contributed by atoms with Crippen LogP contribution in [-0.2, 0) is 4.79 Å². The van der Waals surface area contributed by atoms with Crippen molar-refractivity contribution < 1.29 is 14.8 Å². The normalized spacial score (nSPS) is 12.2. The van der Waals surface area contributed by atoms with Crippen LogP contribution in [0.3, 0.4) is 0 Å². The van der Waals surface area contributed by atoms with Crippen molar-refractivity contribution in [2.24, 2.45) is 0 Å². The van der Waals surface area contributed by atoms with E-state index in [1.165, 1.54) is 6.07 Å². The SMILES string of the molecule is CCCC(C(=O)O)c1cc(C)c([N+](=O)[O-])cc1Br. The number of carbonyl (C=O) groups is 1. The Bertz CT molecular complexity index is 487. The van der Waals surface area contributed by atoms with Crippen LogP contribution in [0, 0.1) is 17.0 Å². The number of carboxylic acids is 1. The molecule has 0 aliphatic rings. The summed E-state index contributed by atoms with van der Waals surface area (Å²) in [5.74, 6) is -1.55. The molecule has 0 radical (unpaired) electrons. The van der Waals surface area contributed by atoms with Gasteiger partial charge in [-0.1, -0.05) is 29.3 Å². The summed E-state index contributed by atoms with van der Waals surface area (Å²) in [5.41, 5.74) is 1.05. The van der Waals surface area contributed by atoms with E-state index in [-0.39, 0.29) is 5.69 Å². The first-order chi connectivity index (χ1) is 8.38. The second kappa shape index (κ2) is 5.95. The minimum atomic E-state index is -0.911. The lowest BCUT2D eigenvalue weighted by Crippen LogP contribution is -2.12. The molecule has 1 aromatic carbocycles. The highest BCUT2D eigenvalue weighted by atomic mass is 79.9. The molecule has 1 N–H and O–H groups in total. The molecular formula is C12H14BrNO4. The quantitative estimate of drug-likeness (QED) is 0.664. The third-order valence-electron chi connectivity index (χ3n) is 2.76. The Morgan fingerprint density at radius 2 is 2.17 bits per heavy atom. The van der Waals surface area contributed by atoms with E-state index in [4.69, 9.17) is 0 Å². The first-order valence-electron chi connectivity index (χ1n) is 5.55. The van der Waals surface area contributed by atoms with Gasteiger partial charge >= 0.3 is 5.97 Å². The second-order valence-electron chi connectivity index (χ2n) is 4.10. The largest absolute Gasteiger partial charge is 0.481 e. The van der Waals surface area contributed by atoms with Gasteiger partial charge in [-0.2, -0.15) is 0 Å². The molecule has 0 aliphatic heterocycles. The molecule has 0 heterocycles. The average molecular weight is 316 g/mol. The summed E-state index contributed by atoms with van der Waals surface area (Å²) in [6, 6.07) is 2.95. The summed E-state index contributed by atoms with van der Waals surface area (Å²) >= 11 is 3.22. The van der Waals surface area contributed by atoms with Crippen LogP contribution in [0.2, 0.25) is 0 Å². The van der Waals surface area contributed by atoms with Crippen molar-refractivity contribution in [1.29, 1.82) is 0 Å². The maximum Gasteiger partial charge on any atom is 0.311 e. The predicted octanol–water partition coefficient (Wildman–Crippen LogP) is 3.63. The molecule has 0 spiro atoms. The van der Waals surface area contributed by atoms with Gasteiger partial charge in [-0.15, -0.1) is 0 Å². The highest BCUT2D eigenvalue weighted by molar-refractivity contribution is 9.10. The number of aliphatic carboxylic acids is 1. The van der Waals surface area contributed by atoms with Gasteiger partial charge < -0.3 is 5.11 Å². The van der Waals surface area contributed by atoms with Gasteiger partial charge in [-0.25, -0.2) is 0 Å². The van der Waals surface area contributed by atoms with Crippen LogP contribution >= 0.6 is 15.9 Å². The van der Waals surface area contributed by atoms with Crippen molar-refractivity contribution in [3.8, 4) is 0 Å². The van der Waals surface area contributed by atoms with E-state index in [0.29, 0.717) is 22.0 Å². The van der Waals surface area contributed by atoms with Gasteiger partial charge in [0.25, 0.3) is 5.69 Å². The topological polar surface area (TPSA) is 80.4 Å². The summed E-state index contributed by atoms with van der Waals surface area (Å²) < 4.78 is 0.473. The lowest BCUT2D eigenvalue weighted by Gasteiger charge is -2.14. The lowest BCUT2D eigenvalue weighted by atomic mass is 9.93. The van der Waals surface area contributed by atoms with Crippen molar-refractivity contribution in [2.45, 2.75) is 32.6 Å². The molecule has 5 nitrogen and oxygen atoms in total. The van der Waals surface area contributed by atoms with Crippen LogP contribution in [0.5, 0.6) is 0 Å². The van der Waals surface area contributed by atoms with Crippen LogP contribution in [0.15, 0.2) is 16.6 Å². The van der Waals surface area contributed by atoms with Gasteiger partial charge in [-0.3, -0.25) is 14.9 Å². The van der Waals surface area contributed by atoms with Crippen LogP contribution in [-0.4, -0.2) is 16.0 Å². The van der Waals surface area contributed by atoms with E-state index in [9.17, 15) is 20.0 Å². The fourth-order valence-electron chi connectivity index (χ4n) is 1.86. The van der Waals surface area contributed by atoms with E-state index < -0.39 is 16.8 Å². The fraction of sp³-hybridized carbons (Fsp3) is 0.417. The van der Waals surface area contributed by atoms with E-state index in [0.717, 1.165) is 6.42 Å². The zero-order chi connectivity index (χ0) is 13.9. The Hall–Kier alpha value is -1.43. The number of nitro benzene ring substituents is 1. The Kier molecular flexibility index (Phi) is 4.84. The molecule has 0 bridgehead atoms. The Morgan fingerprint density at radius 1 is 1.56 bits per heavy atom. The molecule has 0 fully saturated rings. The van der Waals surface area contributed by atoms with E-state index in [2.05, 4.69) is 15.9 Å². The van der Waals surface area contributed by atoms with Gasteiger partial charge in [0.05, 0.1) is 10.8 Å². The maximum absolute atomic E-state index is 11.2. The van der Waals surface area contributed by atoms with Crippen LogP contribution in [0.25, 0.3) is 0 Å². The summed E-state index contributed by atoms with van der Waals surface area (Å²) in [4.78, 5) is 21.5. The third-order valence-corrected chi connectivity index (χ3v) is 3.45. The molecule has 18 heavy (non-hydrogen) atoms. The molecule has 0 aromatic heterocycles. The molecule has 1 unspecified atom stereocenters. The Balaban J connectivity index is 3.28. The Labute approximate surface area is 113 Å². The minimum Gasteiger partial charge on any atom is -0.481 e. The number of hydrogen-bond donors (Lipinski definition) is 1. The third kappa shape index (κ3) is 3.07. The molecule has 6 heteroatoms.